The Hall–Kier alpha value is -1.01. The number of guanidine groups is 1. The lowest BCUT2D eigenvalue weighted by molar-refractivity contribution is 0.0992. The Morgan fingerprint density at radius 1 is 1.45 bits per heavy atom. The third kappa shape index (κ3) is 3.17. The lowest BCUT2D eigenvalue weighted by Crippen LogP contribution is -2.47. The van der Waals surface area contributed by atoms with Crippen molar-refractivity contribution in [3.8, 4) is 0 Å². The first-order chi connectivity index (χ1) is 9.74. The molecule has 110 valence electrons. The summed E-state index contributed by atoms with van der Waals surface area (Å²) in [6.45, 7) is 0.793. The normalized spacial score (nSPS) is 28.9. The van der Waals surface area contributed by atoms with Crippen LogP contribution in [0.2, 0.25) is 0 Å². The number of rotatable bonds is 4. The Bertz CT molecular complexity index is 489. The van der Waals surface area contributed by atoms with Crippen LogP contribution in [-0.2, 0) is 11.2 Å². The smallest absolute Gasteiger partial charge is 0.191 e. The Morgan fingerprint density at radius 3 is 2.95 bits per heavy atom. The number of furan rings is 1. The maximum absolute atomic E-state index is 5.84. The molecule has 5 nitrogen and oxygen atoms in total. The zero-order valence-corrected chi connectivity index (χ0v) is 13.1. The van der Waals surface area contributed by atoms with Gasteiger partial charge in [0.1, 0.15) is 5.76 Å². The third-order valence-corrected chi connectivity index (χ3v) is 4.37. The van der Waals surface area contributed by atoms with E-state index in [1.54, 1.807) is 7.05 Å². The van der Waals surface area contributed by atoms with Crippen molar-refractivity contribution < 1.29 is 9.15 Å². The molecule has 0 amide bonds. The Morgan fingerprint density at radius 2 is 2.35 bits per heavy atom. The van der Waals surface area contributed by atoms with Gasteiger partial charge >= 0.3 is 0 Å². The topological polar surface area (TPSA) is 58.8 Å². The van der Waals surface area contributed by atoms with Crippen molar-refractivity contribution in [2.24, 2.45) is 4.99 Å². The van der Waals surface area contributed by atoms with E-state index in [0.29, 0.717) is 18.2 Å². The highest BCUT2D eigenvalue weighted by Gasteiger charge is 2.41. The Labute approximate surface area is 127 Å². The fraction of sp³-hybridized carbons (Fsp3) is 0.643. The summed E-state index contributed by atoms with van der Waals surface area (Å²) < 4.78 is 12.1. The zero-order chi connectivity index (χ0) is 13.9. The van der Waals surface area contributed by atoms with Crippen molar-refractivity contribution in [3.63, 3.8) is 0 Å². The van der Waals surface area contributed by atoms with Gasteiger partial charge in [0.25, 0.3) is 0 Å². The lowest BCUT2D eigenvalue weighted by Gasteiger charge is -2.22. The van der Waals surface area contributed by atoms with E-state index >= 15 is 0 Å². The second-order valence-electron chi connectivity index (χ2n) is 5.32. The Kier molecular flexibility index (Phi) is 4.31. The predicted molar refractivity (Wildman–Crippen MR) is 80.9 cm³/mol. The standard InChI is InChI=1S/C14H20BrN3O2/c1-16-14(17-7-6-9-3-5-13(15)20-9)18-11-8-10-2-4-12(11)19-10/h3,5,10-12H,2,4,6-8H2,1H3,(H2,16,17,18). The minimum atomic E-state index is 0.361. The fourth-order valence-corrected chi connectivity index (χ4v) is 3.29. The SMILES string of the molecule is CN=C(NCCc1ccc(Br)o1)NC1CC2CCC1O2. The molecule has 2 fully saturated rings. The number of nitrogens with zero attached hydrogens (tertiary/aromatic N) is 1. The highest BCUT2D eigenvalue weighted by atomic mass is 79.9. The molecule has 0 spiro atoms. The molecule has 0 radical (unpaired) electrons. The molecular formula is C14H20BrN3O2. The minimum absolute atomic E-state index is 0.361. The summed E-state index contributed by atoms with van der Waals surface area (Å²) in [5, 5.41) is 6.78. The number of halogens is 1. The molecule has 2 aliphatic rings. The van der Waals surface area contributed by atoms with E-state index in [2.05, 4.69) is 31.6 Å². The molecule has 2 saturated heterocycles. The second kappa shape index (κ2) is 6.18. The number of fused-ring (bicyclic) bond motifs is 2. The van der Waals surface area contributed by atoms with E-state index in [-0.39, 0.29) is 0 Å². The van der Waals surface area contributed by atoms with Crippen molar-refractivity contribution in [3.05, 3.63) is 22.6 Å². The third-order valence-electron chi connectivity index (χ3n) is 3.94. The van der Waals surface area contributed by atoms with E-state index in [9.17, 15) is 0 Å². The van der Waals surface area contributed by atoms with E-state index in [0.717, 1.165) is 35.8 Å². The van der Waals surface area contributed by atoms with Gasteiger partial charge in [0.15, 0.2) is 10.6 Å². The summed E-state index contributed by atoms with van der Waals surface area (Å²) in [5.74, 6) is 1.81. The molecule has 6 heteroatoms. The molecule has 1 aromatic heterocycles. The summed E-state index contributed by atoms with van der Waals surface area (Å²) in [7, 11) is 1.80. The van der Waals surface area contributed by atoms with Crippen LogP contribution in [0.15, 0.2) is 26.2 Å². The molecule has 3 heterocycles. The van der Waals surface area contributed by atoms with Crippen molar-refractivity contribution in [1.29, 1.82) is 0 Å². The average Bonchev–Trinajstić information content (AvgIpc) is 3.14. The molecule has 3 atom stereocenters. The van der Waals surface area contributed by atoms with Crippen LogP contribution < -0.4 is 10.6 Å². The number of nitrogens with one attached hydrogen (secondary N) is 2. The van der Waals surface area contributed by atoms with Crippen molar-refractivity contribution in [2.45, 2.75) is 43.9 Å². The van der Waals surface area contributed by atoms with E-state index in [4.69, 9.17) is 9.15 Å². The monoisotopic (exact) mass is 341 g/mol. The first-order valence-electron chi connectivity index (χ1n) is 7.11. The summed E-state index contributed by atoms with van der Waals surface area (Å²) >= 11 is 3.31. The minimum Gasteiger partial charge on any atom is -0.454 e. The van der Waals surface area contributed by atoms with Crippen molar-refractivity contribution in [1.82, 2.24) is 10.6 Å². The van der Waals surface area contributed by atoms with Crippen LogP contribution >= 0.6 is 15.9 Å². The lowest BCUT2D eigenvalue weighted by atomic mass is 9.96. The van der Waals surface area contributed by atoms with Crippen LogP contribution in [0.1, 0.15) is 25.0 Å². The molecule has 2 aliphatic heterocycles. The Balaban J connectivity index is 1.43. The molecule has 1 aromatic rings. The van der Waals surface area contributed by atoms with Crippen LogP contribution in [0.5, 0.6) is 0 Å². The summed E-state index contributed by atoms with van der Waals surface area (Å²) in [5.41, 5.74) is 0. The van der Waals surface area contributed by atoms with Gasteiger partial charge in [-0.3, -0.25) is 4.99 Å². The van der Waals surface area contributed by atoms with Gasteiger partial charge in [-0.15, -0.1) is 0 Å². The highest BCUT2D eigenvalue weighted by Crippen LogP contribution is 2.34. The molecule has 3 unspecified atom stereocenters. The first-order valence-corrected chi connectivity index (χ1v) is 7.91. The maximum atomic E-state index is 5.84. The summed E-state index contributed by atoms with van der Waals surface area (Å²) in [4.78, 5) is 4.27. The van der Waals surface area contributed by atoms with Gasteiger partial charge in [-0.05, 0) is 47.3 Å². The highest BCUT2D eigenvalue weighted by molar-refractivity contribution is 9.10. The first kappa shape index (κ1) is 13.9. The van der Waals surface area contributed by atoms with E-state index < -0.39 is 0 Å². The number of ether oxygens (including phenoxy) is 1. The van der Waals surface area contributed by atoms with E-state index in [1.807, 2.05) is 12.1 Å². The maximum Gasteiger partial charge on any atom is 0.191 e. The van der Waals surface area contributed by atoms with Crippen LogP contribution in [-0.4, -0.2) is 37.8 Å². The summed E-state index contributed by atoms with van der Waals surface area (Å²) in [6.07, 6.45) is 5.12. The second-order valence-corrected chi connectivity index (χ2v) is 6.10. The quantitative estimate of drug-likeness (QED) is 0.650. The predicted octanol–water partition coefficient (Wildman–Crippen LogP) is 2.07. The number of hydrogen-bond donors (Lipinski definition) is 2. The van der Waals surface area contributed by atoms with Gasteiger partial charge in [-0.25, -0.2) is 0 Å². The van der Waals surface area contributed by atoms with Crippen LogP contribution in [0.4, 0.5) is 0 Å². The van der Waals surface area contributed by atoms with Crippen molar-refractivity contribution in [2.75, 3.05) is 13.6 Å². The molecule has 20 heavy (non-hydrogen) atoms. The van der Waals surface area contributed by atoms with Crippen LogP contribution in [0, 0.1) is 0 Å². The molecule has 0 aliphatic carbocycles. The zero-order valence-electron chi connectivity index (χ0n) is 11.6. The van der Waals surface area contributed by atoms with Gasteiger partial charge < -0.3 is 19.8 Å². The average molecular weight is 342 g/mol. The number of hydrogen-bond acceptors (Lipinski definition) is 3. The van der Waals surface area contributed by atoms with Crippen LogP contribution in [0.3, 0.4) is 0 Å². The van der Waals surface area contributed by atoms with E-state index in [1.165, 1.54) is 12.8 Å². The summed E-state index contributed by atoms with van der Waals surface area (Å²) in [6, 6.07) is 4.29. The van der Waals surface area contributed by atoms with Gasteiger partial charge in [0.2, 0.25) is 0 Å². The van der Waals surface area contributed by atoms with Crippen molar-refractivity contribution >= 4 is 21.9 Å². The molecule has 2 bridgehead atoms. The van der Waals surface area contributed by atoms with Gasteiger partial charge in [-0.2, -0.15) is 0 Å². The van der Waals surface area contributed by atoms with Gasteiger partial charge in [0.05, 0.1) is 18.2 Å². The molecule has 0 aromatic carbocycles. The largest absolute Gasteiger partial charge is 0.454 e. The van der Waals surface area contributed by atoms with Crippen LogP contribution in [0.25, 0.3) is 0 Å². The number of aliphatic imine (C=N–C) groups is 1. The molecule has 3 rings (SSSR count). The van der Waals surface area contributed by atoms with Gasteiger partial charge in [-0.1, -0.05) is 0 Å². The van der Waals surface area contributed by atoms with Gasteiger partial charge in [0, 0.05) is 20.0 Å². The molecular weight excluding hydrogens is 322 g/mol. The molecule has 0 saturated carbocycles. The fourth-order valence-electron chi connectivity index (χ4n) is 2.95. The molecule has 2 N–H and O–H groups in total.